The number of rotatable bonds is 5. The molecule has 7 heteroatoms. The topological polar surface area (TPSA) is 84.2 Å². The Balaban J connectivity index is 2.38. The standard InChI is InChI=1S/C11H17N5O2/c1-3-12-10-9(16(17)18)11(14-7-13-10)15(2)8-5-4-6-8/h7-8H,3-6H2,1-2H3,(H,12,13,14). The van der Waals surface area contributed by atoms with Gasteiger partial charge in [0.25, 0.3) is 0 Å². The van der Waals surface area contributed by atoms with E-state index in [9.17, 15) is 10.1 Å². The number of hydrogen-bond donors (Lipinski definition) is 1. The fourth-order valence-electron chi connectivity index (χ4n) is 2.04. The maximum Gasteiger partial charge on any atom is 0.353 e. The Morgan fingerprint density at radius 1 is 1.56 bits per heavy atom. The van der Waals surface area contributed by atoms with Gasteiger partial charge in [0.05, 0.1) is 4.92 Å². The molecular weight excluding hydrogens is 234 g/mol. The lowest BCUT2D eigenvalue weighted by atomic mass is 9.92. The van der Waals surface area contributed by atoms with E-state index in [0.717, 1.165) is 12.8 Å². The Hall–Kier alpha value is -1.92. The highest BCUT2D eigenvalue weighted by Crippen LogP contribution is 2.35. The monoisotopic (exact) mass is 251 g/mol. The van der Waals surface area contributed by atoms with Crippen LogP contribution in [0, 0.1) is 10.1 Å². The van der Waals surface area contributed by atoms with Crippen LogP contribution in [0.1, 0.15) is 26.2 Å². The lowest BCUT2D eigenvalue weighted by Gasteiger charge is -2.35. The minimum atomic E-state index is -0.414. The third-order valence-corrected chi connectivity index (χ3v) is 3.29. The van der Waals surface area contributed by atoms with Crippen LogP contribution in [-0.2, 0) is 0 Å². The average Bonchev–Trinajstić information content (AvgIpc) is 2.26. The molecule has 1 aliphatic carbocycles. The van der Waals surface area contributed by atoms with E-state index in [4.69, 9.17) is 0 Å². The Morgan fingerprint density at radius 3 is 2.78 bits per heavy atom. The summed E-state index contributed by atoms with van der Waals surface area (Å²) in [6.45, 7) is 2.46. The number of aromatic nitrogens is 2. The van der Waals surface area contributed by atoms with Gasteiger partial charge in [-0.15, -0.1) is 0 Å². The summed E-state index contributed by atoms with van der Waals surface area (Å²) in [6, 6.07) is 0.355. The van der Waals surface area contributed by atoms with Crippen LogP contribution >= 0.6 is 0 Å². The van der Waals surface area contributed by atoms with Crippen LogP contribution < -0.4 is 10.2 Å². The van der Waals surface area contributed by atoms with Gasteiger partial charge in [0.1, 0.15) is 6.33 Å². The van der Waals surface area contributed by atoms with Gasteiger partial charge in [0, 0.05) is 19.6 Å². The average molecular weight is 251 g/mol. The second-order valence-electron chi connectivity index (χ2n) is 4.38. The molecule has 1 heterocycles. The molecule has 1 aliphatic rings. The predicted molar refractivity (Wildman–Crippen MR) is 68.9 cm³/mol. The van der Waals surface area contributed by atoms with Crippen molar-refractivity contribution < 1.29 is 4.92 Å². The van der Waals surface area contributed by atoms with Gasteiger partial charge in [0.15, 0.2) is 0 Å². The number of hydrogen-bond acceptors (Lipinski definition) is 6. The van der Waals surface area contributed by atoms with Gasteiger partial charge in [-0.05, 0) is 26.2 Å². The first-order valence-electron chi connectivity index (χ1n) is 6.11. The van der Waals surface area contributed by atoms with Crippen molar-refractivity contribution in [3.63, 3.8) is 0 Å². The van der Waals surface area contributed by atoms with Crippen LogP contribution in [0.2, 0.25) is 0 Å². The van der Waals surface area contributed by atoms with Crippen molar-refractivity contribution in [2.45, 2.75) is 32.2 Å². The zero-order chi connectivity index (χ0) is 13.1. The van der Waals surface area contributed by atoms with E-state index in [2.05, 4.69) is 15.3 Å². The van der Waals surface area contributed by atoms with Gasteiger partial charge >= 0.3 is 5.69 Å². The van der Waals surface area contributed by atoms with Crippen LogP contribution in [0.3, 0.4) is 0 Å². The molecule has 1 saturated carbocycles. The third kappa shape index (κ3) is 2.20. The van der Waals surface area contributed by atoms with E-state index in [0.29, 0.717) is 24.2 Å². The maximum atomic E-state index is 11.2. The predicted octanol–water partition coefficient (Wildman–Crippen LogP) is 1.81. The van der Waals surface area contributed by atoms with Crippen LogP contribution in [0.25, 0.3) is 0 Å². The van der Waals surface area contributed by atoms with Crippen molar-refractivity contribution in [1.82, 2.24) is 9.97 Å². The summed E-state index contributed by atoms with van der Waals surface area (Å²) in [5, 5.41) is 14.1. The van der Waals surface area contributed by atoms with Crippen molar-refractivity contribution in [2.24, 2.45) is 0 Å². The van der Waals surface area contributed by atoms with Gasteiger partial charge in [0.2, 0.25) is 11.6 Å². The maximum absolute atomic E-state index is 11.2. The van der Waals surface area contributed by atoms with Gasteiger partial charge in [-0.2, -0.15) is 0 Å². The van der Waals surface area contributed by atoms with Gasteiger partial charge in [-0.1, -0.05) is 0 Å². The van der Waals surface area contributed by atoms with Crippen LogP contribution in [0.4, 0.5) is 17.3 Å². The molecule has 0 aromatic carbocycles. The molecule has 0 radical (unpaired) electrons. The summed E-state index contributed by atoms with van der Waals surface area (Å²) in [7, 11) is 1.86. The summed E-state index contributed by atoms with van der Waals surface area (Å²) in [4.78, 5) is 20.7. The van der Waals surface area contributed by atoms with Crippen LogP contribution in [0.15, 0.2) is 6.33 Å². The molecule has 1 fully saturated rings. The summed E-state index contributed by atoms with van der Waals surface area (Å²) < 4.78 is 0. The van der Waals surface area contributed by atoms with E-state index >= 15 is 0 Å². The quantitative estimate of drug-likeness (QED) is 0.634. The molecule has 0 atom stereocenters. The fourth-order valence-corrected chi connectivity index (χ4v) is 2.04. The van der Waals surface area contributed by atoms with Crippen molar-refractivity contribution in [3.05, 3.63) is 16.4 Å². The first kappa shape index (κ1) is 12.5. The van der Waals surface area contributed by atoms with E-state index in [1.807, 2.05) is 18.9 Å². The molecule has 1 aromatic heterocycles. The Bertz CT molecular complexity index is 447. The minimum Gasteiger partial charge on any atom is -0.364 e. The van der Waals surface area contributed by atoms with Gasteiger partial charge in [-0.25, -0.2) is 9.97 Å². The molecule has 98 valence electrons. The molecule has 1 aromatic rings. The lowest BCUT2D eigenvalue weighted by molar-refractivity contribution is -0.383. The Morgan fingerprint density at radius 2 is 2.28 bits per heavy atom. The van der Waals surface area contributed by atoms with Crippen molar-refractivity contribution >= 4 is 17.3 Å². The summed E-state index contributed by atoms with van der Waals surface area (Å²) in [5.41, 5.74) is -0.0336. The normalized spacial score (nSPS) is 15.0. The molecule has 7 nitrogen and oxygen atoms in total. The van der Waals surface area contributed by atoms with Crippen LogP contribution in [0.5, 0.6) is 0 Å². The van der Waals surface area contributed by atoms with E-state index in [1.165, 1.54) is 12.7 Å². The van der Waals surface area contributed by atoms with E-state index in [1.54, 1.807) is 0 Å². The molecule has 1 N–H and O–H groups in total. The third-order valence-electron chi connectivity index (χ3n) is 3.29. The molecular formula is C11H17N5O2. The molecule has 2 rings (SSSR count). The van der Waals surface area contributed by atoms with Gasteiger partial charge in [-0.3, -0.25) is 10.1 Å². The number of anilines is 2. The zero-order valence-electron chi connectivity index (χ0n) is 10.6. The van der Waals surface area contributed by atoms with Crippen molar-refractivity contribution in [3.8, 4) is 0 Å². The first-order valence-corrected chi connectivity index (χ1v) is 6.11. The molecule has 0 spiro atoms. The highest BCUT2D eigenvalue weighted by molar-refractivity contribution is 5.70. The largest absolute Gasteiger partial charge is 0.364 e. The van der Waals surface area contributed by atoms with E-state index < -0.39 is 4.92 Å². The van der Waals surface area contributed by atoms with Gasteiger partial charge < -0.3 is 10.2 Å². The highest BCUT2D eigenvalue weighted by Gasteiger charge is 2.31. The number of nitro groups is 1. The Kier molecular flexibility index (Phi) is 3.59. The second kappa shape index (κ2) is 5.16. The smallest absolute Gasteiger partial charge is 0.353 e. The lowest BCUT2D eigenvalue weighted by Crippen LogP contribution is -2.38. The highest BCUT2D eigenvalue weighted by atomic mass is 16.6. The molecule has 0 bridgehead atoms. The molecule has 18 heavy (non-hydrogen) atoms. The molecule has 0 amide bonds. The summed E-state index contributed by atoms with van der Waals surface area (Å²) in [6.07, 6.45) is 4.67. The molecule has 0 saturated heterocycles. The summed E-state index contributed by atoms with van der Waals surface area (Å²) >= 11 is 0. The number of nitrogens with one attached hydrogen (secondary N) is 1. The SMILES string of the molecule is CCNc1ncnc(N(C)C2CCC2)c1[N+](=O)[O-]. The van der Waals surface area contributed by atoms with E-state index in [-0.39, 0.29) is 5.69 Å². The second-order valence-corrected chi connectivity index (χ2v) is 4.38. The van der Waals surface area contributed by atoms with Crippen molar-refractivity contribution in [2.75, 3.05) is 23.8 Å². The molecule has 0 unspecified atom stereocenters. The first-order chi connectivity index (χ1) is 8.65. The number of nitrogens with zero attached hydrogens (tertiary/aromatic N) is 4. The van der Waals surface area contributed by atoms with Crippen LogP contribution in [-0.4, -0.2) is 34.5 Å². The zero-order valence-corrected chi connectivity index (χ0v) is 10.6. The Labute approximate surface area is 105 Å². The molecule has 0 aliphatic heterocycles. The minimum absolute atomic E-state index is 0.0336. The fraction of sp³-hybridized carbons (Fsp3) is 0.636. The summed E-state index contributed by atoms with van der Waals surface area (Å²) in [5.74, 6) is 0.689. The van der Waals surface area contributed by atoms with Crippen molar-refractivity contribution in [1.29, 1.82) is 0 Å².